The maximum absolute atomic E-state index is 15.0. The average Bonchev–Trinajstić information content (AvgIpc) is 3.11. The van der Waals surface area contributed by atoms with E-state index in [0.29, 0.717) is 29.3 Å². The van der Waals surface area contributed by atoms with Gasteiger partial charge in [0.05, 0.1) is 11.1 Å². The first kappa shape index (κ1) is 19.9. The van der Waals surface area contributed by atoms with Crippen LogP contribution < -0.4 is 11.1 Å². The van der Waals surface area contributed by atoms with Crippen molar-refractivity contribution >= 4 is 28.5 Å². The molecule has 0 radical (unpaired) electrons. The van der Waals surface area contributed by atoms with Crippen LogP contribution in [-0.4, -0.2) is 28.6 Å². The van der Waals surface area contributed by atoms with E-state index in [0.717, 1.165) is 16.8 Å². The fraction of sp³-hybridized carbons (Fsp3) is 0.429. The average molecular weight is 387 g/mol. The number of nitrogens with one attached hydrogen (secondary N) is 2. The molecule has 1 aliphatic rings. The zero-order valence-electron chi connectivity index (χ0n) is 16.8. The highest BCUT2D eigenvalue weighted by atomic mass is 19.1. The van der Waals surface area contributed by atoms with Crippen LogP contribution in [0, 0.1) is 19.7 Å². The lowest BCUT2D eigenvalue weighted by atomic mass is 9.95. The lowest BCUT2D eigenvalue weighted by molar-refractivity contribution is 0.0975. The third kappa shape index (κ3) is 3.74. The molecule has 0 unspecified atom stereocenters. The van der Waals surface area contributed by atoms with Gasteiger partial charge in [-0.25, -0.2) is 9.18 Å². The summed E-state index contributed by atoms with van der Waals surface area (Å²) in [6.07, 6.45) is 1.95. The minimum Gasteiger partial charge on any atom is -0.446 e. The molecule has 2 amide bonds. The first-order valence-electron chi connectivity index (χ1n) is 9.27. The number of aryl methyl sites for hydroxylation is 2. The summed E-state index contributed by atoms with van der Waals surface area (Å²) in [5, 5.41) is 3.41. The number of rotatable bonds is 3. The second-order valence-corrected chi connectivity index (χ2v) is 8.34. The number of benzene rings is 1. The number of ether oxygens (including phenoxy) is 1. The zero-order chi connectivity index (χ0) is 20.8. The number of hydrogen-bond donors (Lipinski definition) is 3. The molecule has 0 saturated carbocycles. The van der Waals surface area contributed by atoms with Gasteiger partial charge in [0.2, 0.25) is 0 Å². The number of aromatic nitrogens is 1. The van der Waals surface area contributed by atoms with Crippen molar-refractivity contribution in [1.29, 1.82) is 0 Å². The van der Waals surface area contributed by atoms with Gasteiger partial charge >= 0.3 is 6.09 Å². The van der Waals surface area contributed by atoms with E-state index in [1.807, 2.05) is 40.7 Å². The molecule has 1 aromatic heterocycles. The van der Waals surface area contributed by atoms with E-state index in [1.165, 1.54) is 6.07 Å². The number of carbonyl (C=O) groups excluding carboxylic acids is 2. The largest absolute Gasteiger partial charge is 0.446 e. The predicted octanol–water partition coefficient (Wildman–Crippen LogP) is 4.09. The molecular formula is C21H26FN3O3. The summed E-state index contributed by atoms with van der Waals surface area (Å²) in [7, 11) is 0. The summed E-state index contributed by atoms with van der Waals surface area (Å²) in [6, 6.07) is 1.18. The van der Waals surface area contributed by atoms with E-state index in [1.54, 1.807) is 0 Å². The van der Waals surface area contributed by atoms with Crippen LogP contribution in [-0.2, 0) is 4.74 Å². The van der Waals surface area contributed by atoms with Crippen molar-refractivity contribution in [1.82, 2.24) is 10.3 Å². The molecule has 0 saturated heterocycles. The van der Waals surface area contributed by atoms with Crippen LogP contribution in [0.5, 0.6) is 0 Å². The van der Waals surface area contributed by atoms with Crippen LogP contribution in [0.4, 0.5) is 9.18 Å². The zero-order valence-corrected chi connectivity index (χ0v) is 16.8. The molecule has 0 aliphatic heterocycles. The Morgan fingerprint density at radius 3 is 2.61 bits per heavy atom. The van der Waals surface area contributed by atoms with Gasteiger partial charge in [-0.1, -0.05) is 6.08 Å². The lowest BCUT2D eigenvalue weighted by Crippen LogP contribution is -2.42. The molecule has 0 spiro atoms. The van der Waals surface area contributed by atoms with Gasteiger partial charge < -0.3 is 20.8 Å². The highest BCUT2D eigenvalue weighted by Gasteiger charge is 2.28. The SMILES string of the molecule is Cc1[nH]c2c(C(N)=O)cc(F)c(C3=CC[C@H](OC(=O)NC(C)(C)C)C3)c2c1C. The molecule has 0 fully saturated rings. The number of H-pyrrole nitrogens is 1. The molecule has 0 bridgehead atoms. The number of amides is 2. The number of fused-ring (bicyclic) bond motifs is 1. The Morgan fingerprint density at radius 1 is 1.32 bits per heavy atom. The Morgan fingerprint density at radius 2 is 2.00 bits per heavy atom. The number of aromatic amines is 1. The fourth-order valence-electron chi connectivity index (χ4n) is 3.60. The van der Waals surface area contributed by atoms with Crippen molar-refractivity contribution in [3.63, 3.8) is 0 Å². The lowest BCUT2D eigenvalue weighted by Gasteiger charge is -2.22. The molecule has 28 heavy (non-hydrogen) atoms. The minimum atomic E-state index is -0.683. The summed E-state index contributed by atoms with van der Waals surface area (Å²) in [6.45, 7) is 9.36. The van der Waals surface area contributed by atoms with E-state index >= 15 is 4.39 Å². The third-order valence-electron chi connectivity index (χ3n) is 4.94. The summed E-state index contributed by atoms with van der Waals surface area (Å²) >= 11 is 0. The van der Waals surface area contributed by atoms with E-state index in [2.05, 4.69) is 10.3 Å². The van der Waals surface area contributed by atoms with E-state index < -0.39 is 23.4 Å². The molecule has 1 aliphatic carbocycles. The number of alkyl carbamates (subject to hydrolysis) is 1. The molecule has 7 heteroatoms. The van der Waals surface area contributed by atoms with Gasteiger partial charge in [0.1, 0.15) is 11.9 Å². The summed E-state index contributed by atoms with van der Waals surface area (Å²) < 4.78 is 20.5. The topological polar surface area (TPSA) is 97.2 Å². The fourth-order valence-corrected chi connectivity index (χ4v) is 3.60. The Balaban J connectivity index is 1.93. The van der Waals surface area contributed by atoms with Crippen LogP contribution in [0.3, 0.4) is 0 Å². The van der Waals surface area contributed by atoms with Gasteiger partial charge in [0, 0.05) is 35.0 Å². The van der Waals surface area contributed by atoms with E-state index in [9.17, 15) is 9.59 Å². The number of carbonyl (C=O) groups is 2. The molecule has 3 rings (SSSR count). The van der Waals surface area contributed by atoms with Crippen LogP contribution in [0.1, 0.15) is 60.8 Å². The van der Waals surface area contributed by atoms with Crippen molar-refractivity contribution in [3.05, 3.63) is 40.3 Å². The second kappa shape index (κ2) is 6.96. The molecule has 1 heterocycles. The molecule has 4 N–H and O–H groups in total. The monoisotopic (exact) mass is 387 g/mol. The normalized spacial score (nSPS) is 16.9. The van der Waals surface area contributed by atoms with Gasteiger partial charge in [0.25, 0.3) is 5.91 Å². The van der Waals surface area contributed by atoms with Crippen molar-refractivity contribution in [2.24, 2.45) is 5.73 Å². The van der Waals surface area contributed by atoms with Gasteiger partial charge in [-0.15, -0.1) is 0 Å². The molecule has 1 aromatic carbocycles. The highest BCUT2D eigenvalue weighted by molar-refractivity contribution is 6.09. The number of halogens is 1. The van der Waals surface area contributed by atoms with Crippen LogP contribution >= 0.6 is 0 Å². The standard InChI is InChI=1S/C21H26FN3O3/c1-10-11(2)24-18-14(19(23)26)9-15(22)17(16(10)18)12-6-7-13(8-12)28-20(27)25-21(3,4)5/h6,9,13,24H,7-8H2,1-5H3,(H2,23,26)(H,25,27)/t13-/m0/s1. The van der Waals surface area contributed by atoms with Gasteiger partial charge in [-0.2, -0.15) is 0 Å². The van der Waals surface area contributed by atoms with Crippen molar-refractivity contribution in [2.75, 3.05) is 0 Å². The maximum atomic E-state index is 15.0. The summed E-state index contributed by atoms with van der Waals surface area (Å²) in [5.74, 6) is -1.19. The van der Waals surface area contributed by atoms with Crippen molar-refractivity contribution in [2.45, 2.75) is 59.1 Å². The summed E-state index contributed by atoms with van der Waals surface area (Å²) in [4.78, 5) is 26.9. The molecule has 2 aromatic rings. The van der Waals surface area contributed by atoms with Gasteiger partial charge in [-0.05, 0) is 51.8 Å². The van der Waals surface area contributed by atoms with E-state index in [4.69, 9.17) is 10.5 Å². The first-order chi connectivity index (χ1) is 13.0. The second-order valence-electron chi connectivity index (χ2n) is 8.34. The Labute approximate surface area is 163 Å². The number of hydrogen-bond acceptors (Lipinski definition) is 3. The maximum Gasteiger partial charge on any atom is 0.407 e. The Bertz CT molecular complexity index is 999. The summed E-state index contributed by atoms with van der Waals surface area (Å²) in [5.41, 5.74) is 8.61. The van der Waals surface area contributed by atoms with Crippen LogP contribution in [0.2, 0.25) is 0 Å². The highest BCUT2D eigenvalue weighted by Crippen LogP contribution is 2.39. The first-order valence-corrected chi connectivity index (χ1v) is 9.27. The van der Waals surface area contributed by atoms with Crippen molar-refractivity contribution in [3.8, 4) is 0 Å². The Hall–Kier alpha value is -2.83. The third-order valence-corrected chi connectivity index (χ3v) is 4.94. The molecular weight excluding hydrogens is 361 g/mol. The molecule has 6 nitrogen and oxygen atoms in total. The number of nitrogens with two attached hydrogens (primary N) is 1. The number of primary amides is 1. The quantitative estimate of drug-likeness (QED) is 0.740. The van der Waals surface area contributed by atoms with Gasteiger partial charge in [-0.3, -0.25) is 4.79 Å². The van der Waals surface area contributed by atoms with E-state index in [-0.39, 0.29) is 11.7 Å². The smallest absolute Gasteiger partial charge is 0.407 e. The molecule has 150 valence electrons. The molecule has 1 atom stereocenters. The predicted molar refractivity (Wildman–Crippen MR) is 107 cm³/mol. The van der Waals surface area contributed by atoms with Crippen LogP contribution in [0.25, 0.3) is 16.5 Å². The Kier molecular flexibility index (Phi) is 4.95. The van der Waals surface area contributed by atoms with Crippen molar-refractivity contribution < 1.29 is 18.7 Å². The minimum absolute atomic E-state index is 0.128. The van der Waals surface area contributed by atoms with Crippen LogP contribution in [0.15, 0.2) is 12.1 Å². The van der Waals surface area contributed by atoms with Gasteiger partial charge in [0.15, 0.2) is 0 Å².